The number of hydrogen-bond donors (Lipinski definition) is 0. The number of ether oxygens (including phenoxy) is 1. The Morgan fingerprint density at radius 3 is 2.52 bits per heavy atom. The van der Waals surface area contributed by atoms with Crippen LogP contribution in [0.15, 0.2) is 36.4 Å². The van der Waals surface area contributed by atoms with Gasteiger partial charge in [0.25, 0.3) is 0 Å². The van der Waals surface area contributed by atoms with E-state index in [4.69, 9.17) is 4.74 Å². The number of rotatable bonds is 11. The molecule has 0 N–H and O–H groups in total. The van der Waals surface area contributed by atoms with E-state index in [0.717, 1.165) is 24.9 Å². The molecule has 21 heavy (non-hydrogen) atoms. The highest BCUT2D eigenvalue weighted by molar-refractivity contribution is 5.75. The van der Waals surface area contributed by atoms with E-state index in [1.807, 2.05) is 12.1 Å². The Hall–Kier alpha value is -1.57. The molecular weight excluding hydrogens is 260 g/mol. The molecule has 2 nitrogen and oxygen atoms in total. The molecule has 0 bridgehead atoms. The summed E-state index contributed by atoms with van der Waals surface area (Å²) in [6, 6.07) is 7.28. The molecule has 0 unspecified atom stereocenters. The molecule has 0 saturated carbocycles. The summed E-state index contributed by atoms with van der Waals surface area (Å²) < 4.78 is 5.62. The summed E-state index contributed by atoms with van der Waals surface area (Å²) in [7, 11) is 0. The van der Waals surface area contributed by atoms with Crippen molar-refractivity contribution in [1.29, 1.82) is 0 Å². The second-order valence-electron chi connectivity index (χ2n) is 5.00. The maximum absolute atomic E-state index is 10.6. The van der Waals surface area contributed by atoms with Crippen LogP contribution in [0, 0.1) is 0 Å². The summed E-state index contributed by atoms with van der Waals surface area (Å²) in [5.41, 5.74) is 0.662. The van der Waals surface area contributed by atoms with Crippen LogP contribution in [0.2, 0.25) is 0 Å². The molecule has 0 aliphatic rings. The maximum atomic E-state index is 10.6. The molecule has 1 aromatic rings. The molecule has 1 aromatic carbocycles. The molecular formula is C19H30O2. The Kier molecular flexibility index (Phi) is 12.4. The predicted molar refractivity (Wildman–Crippen MR) is 91.2 cm³/mol. The van der Waals surface area contributed by atoms with Gasteiger partial charge in [0, 0.05) is 5.56 Å². The number of aldehydes is 1. The van der Waals surface area contributed by atoms with Gasteiger partial charge < -0.3 is 4.74 Å². The minimum absolute atomic E-state index is 0. The van der Waals surface area contributed by atoms with Crippen LogP contribution >= 0.6 is 0 Å². The minimum atomic E-state index is 0. The van der Waals surface area contributed by atoms with Gasteiger partial charge in [-0.2, -0.15) is 0 Å². The fourth-order valence-electron chi connectivity index (χ4n) is 1.99. The zero-order chi connectivity index (χ0) is 14.5. The van der Waals surface area contributed by atoms with Crippen LogP contribution < -0.4 is 4.74 Å². The van der Waals surface area contributed by atoms with Crippen LogP contribution in [-0.2, 0) is 0 Å². The predicted octanol–water partition coefficient (Wildman–Crippen LogP) is 5.82. The molecule has 0 fully saturated rings. The van der Waals surface area contributed by atoms with Gasteiger partial charge in [-0.3, -0.25) is 4.79 Å². The standard InChI is InChI=1S/C18H26O2.CH4/c1-2-3-4-5-6-7-8-9-10-14-20-18-13-11-12-17(15-18)16-19;/h7-8,11-13,15-16H,2-6,9-10,14H2,1H3;1H4/b8-7-;. The number of hydrogen-bond acceptors (Lipinski definition) is 2. The third-order valence-corrected chi connectivity index (χ3v) is 3.17. The third kappa shape index (κ3) is 9.89. The van der Waals surface area contributed by atoms with Crippen molar-refractivity contribution in [3.63, 3.8) is 0 Å². The normalized spacial score (nSPS) is 10.3. The van der Waals surface area contributed by atoms with Gasteiger partial charge in [-0.25, -0.2) is 0 Å². The Labute approximate surface area is 130 Å². The highest BCUT2D eigenvalue weighted by Gasteiger charge is 1.95. The van der Waals surface area contributed by atoms with E-state index < -0.39 is 0 Å². The lowest BCUT2D eigenvalue weighted by atomic mass is 10.1. The topological polar surface area (TPSA) is 26.3 Å². The number of benzene rings is 1. The summed E-state index contributed by atoms with van der Waals surface area (Å²) in [5.74, 6) is 0.776. The largest absolute Gasteiger partial charge is 0.494 e. The maximum Gasteiger partial charge on any atom is 0.150 e. The van der Waals surface area contributed by atoms with Crippen LogP contribution in [-0.4, -0.2) is 12.9 Å². The quantitative estimate of drug-likeness (QED) is 0.291. The Bertz CT molecular complexity index is 396. The average Bonchev–Trinajstić information content (AvgIpc) is 2.49. The lowest BCUT2D eigenvalue weighted by molar-refractivity contribution is 0.112. The van der Waals surface area contributed by atoms with Gasteiger partial charge in [0.15, 0.2) is 0 Å². The Balaban J connectivity index is 0.00000400. The Morgan fingerprint density at radius 1 is 1.05 bits per heavy atom. The molecule has 0 aliphatic carbocycles. The molecule has 0 atom stereocenters. The number of allylic oxidation sites excluding steroid dienone is 2. The number of unbranched alkanes of at least 4 members (excludes halogenated alkanes) is 5. The molecule has 0 heterocycles. The summed E-state index contributed by atoms with van der Waals surface area (Å²) in [5, 5.41) is 0. The van der Waals surface area contributed by atoms with E-state index in [0.29, 0.717) is 12.2 Å². The van der Waals surface area contributed by atoms with Crippen molar-refractivity contribution in [2.75, 3.05) is 6.61 Å². The van der Waals surface area contributed by atoms with E-state index in [-0.39, 0.29) is 7.43 Å². The first-order chi connectivity index (χ1) is 9.86. The fourth-order valence-corrected chi connectivity index (χ4v) is 1.99. The van der Waals surface area contributed by atoms with E-state index in [1.165, 1.54) is 32.1 Å². The van der Waals surface area contributed by atoms with Crippen molar-refractivity contribution in [2.45, 2.75) is 59.3 Å². The molecule has 0 radical (unpaired) electrons. The van der Waals surface area contributed by atoms with Crippen molar-refractivity contribution in [3.8, 4) is 5.75 Å². The Morgan fingerprint density at radius 2 is 1.81 bits per heavy atom. The molecule has 0 saturated heterocycles. The van der Waals surface area contributed by atoms with Crippen LogP contribution in [0.25, 0.3) is 0 Å². The van der Waals surface area contributed by atoms with E-state index in [1.54, 1.807) is 12.1 Å². The van der Waals surface area contributed by atoms with Crippen LogP contribution in [0.1, 0.15) is 69.7 Å². The smallest absolute Gasteiger partial charge is 0.150 e. The van der Waals surface area contributed by atoms with Crippen molar-refractivity contribution in [3.05, 3.63) is 42.0 Å². The van der Waals surface area contributed by atoms with Crippen LogP contribution in [0.5, 0.6) is 5.75 Å². The molecule has 118 valence electrons. The van der Waals surface area contributed by atoms with E-state index in [2.05, 4.69) is 19.1 Å². The fraction of sp³-hybridized carbons (Fsp3) is 0.526. The molecule has 1 rings (SSSR count). The van der Waals surface area contributed by atoms with Gasteiger partial charge in [0.2, 0.25) is 0 Å². The van der Waals surface area contributed by atoms with Gasteiger partial charge in [-0.15, -0.1) is 0 Å². The number of carbonyl (C=O) groups is 1. The lowest BCUT2D eigenvalue weighted by Crippen LogP contribution is -1.96. The second-order valence-corrected chi connectivity index (χ2v) is 5.00. The molecule has 0 aromatic heterocycles. The summed E-state index contributed by atoms with van der Waals surface area (Å²) in [4.78, 5) is 10.6. The van der Waals surface area contributed by atoms with E-state index in [9.17, 15) is 4.79 Å². The van der Waals surface area contributed by atoms with Gasteiger partial charge in [0.05, 0.1) is 6.61 Å². The molecule has 2 heteroatoms. The first-order valence-electron chi connectivity index (χ1n) is 7.70. The first kappa shape index (κ1) is 19.4. The highest BCUT2D eigenvalue weighted by Crippen LogP contribution is 2.12. The molecule has 0 amide bonds. The van der Waals surface area contributed by atoms with Crippen molar-refractivity contribution in [1.82, 2.24) is 0 Å². The second kappa shape index (κ2) is 13.4. The third-order valence-electron chi connectivity index (χ3n) is 3.17. The molecule has 0 aliphatic heterocycles. The van der Waals surface area contributed by atoms with Gasteiger partial charge >= 0.3 is 0 Å². The van der Waals surface area contributed by atoms with Crippen molar-refractivity contribution < 1.29 is 9.53 Å². The summed E-state index contributed by atoms with van der Waals surface area (Å²) >= 11 is 0. The number of carbonyl (C=O) groups excluding carboxylic acids is 1. The molecule has 0 spiro atoms. The first-order valence-corrected chi connectivity index (χ1v) is 7.70. The van der Waals surface area contributed by atoms with E-state index >= 15 is 0 Å². The summed E-state index contributed by atoms with van der Waals surface area (Å²) in [6.45, 7) is 2.93. The van der Waals surface area contributed by atoms with Gasteiger partial charge in [-0.1, -0.05) is 57.9 Å². The summed E-state index contributed by atoms with van der Waals surface area (Å²) in [6.07, 6.45) is 13.9. The average molecular weight is 290 g/mol. The van der Waals surface area contributed by atoms with Gasteiger partial charge in [0.1, 0.15) is 12.0 Å². The van der Waals surface area contributed by atoms with Crippen molar-refractivity contribution >= 4 is 6.29 Å². The SMILES string of the molecule is C.CCCCCC/C=C\CCCOc1cccc(C=O)c1. The monoisotopic (exact) mass is 290 g/mol. The zero-order valence-corrected chi connectivity index (χ0v) is 12.5. The van der Waals surface area contributed by atoms with Crippen LogP contribution in [0.4, 0.5) is 0 Å². The minimum Gasteiger partial charge on any atom is -0.494 e. The zero-order valence-electron chi connectivity index (χ0n) is 12.5. The highest BCUT2D eigenvalue weighted by atomic mass is 16.5. The van der Waals surface area contributed by atoms with Crippen molar-refractivity contribution in [2.24, 2.45) is 0 Å². The van der Waals surface area contributed by atoms with Crippen LogP contribution in [0.3, 0.4) is 0 Å². The lowest BCUT2D eigenvalue weighted by Gasteiger charge is -2.05. The van der Waals surface area contributed by atoms with Gasteiger partial charge in [-0.05, 0) is 37.8 Å².